The maximum Gasteiger partial charge on any atom is 0.201 e. The highest BCUT2D eigenvalue weighted by Gasteiger charge is 2.13. The average Bonchev–Trinajstić information content (AvgIpc) is 2.78. The van der Waals surface area contributed by atoms with Crippen molar-refractivity contribution in [2.24, 2.45) is 0 Å². The van der Waals surface area contributed by atoms with E-state index in [4.69, 9.17) is 5.73 Å². The summed E-state index contributed by atoms with van der Waals surface area (Å²) in [4.78, 5) is 16.7. The highest BCUT2D eigenvalue weighted by molar-refractivity contribution is 5.97. The van der Waals surface area contributed by atoms with Crippen molar-refractivity contribution < 1.29 is 4.79 Å². The lowest BCUT2D eigenvalue weighted by atomic mass is 10.0. The highest BCUT2D eigenvalue weighted by atomic mass is 16.1. The van der Waals surface area contributed by atoms with Crippen LogP contribution in [0.25, 0.3) is 11.0 Å². The van der Waals surface area contributed by atoms with Crippen molar-refractivity contribution in [2.75, 3.05) is 5.73 Å². The van der Waals surface area contributed by atoms with Gasteiger partial charge < -0.3 is 10.3 Å². The maximum absolute atomic E-state index is 12.5. The molecule has 0 spiro atoms. The average molecular weight is 279 g/mol. The van der Waals surface area contributed by atoms with Crippen LogP contribution >= 0.6 is 0 Å². The molecule has 4 nitrogen and oxygen atoms in total. The molecule has 0 aliphatic rings. The van der Waals surface area contributed by atoms with Crippen LogP contribution in [-0.4, -0.2) is 15.3 Å². The summed E-state index contributed by atoms with van der Waals surface area (Å²) in [5.41, 5.74) is 10.6. The highest BCUT2D eigenvalue weighted by Crippen LogP contribution is 2.18. The molecule has 2 N–H and O–H groups in total. The number of nitrogens with zero attached hydrogens (tertiary/aromatic N) is 2. The minimum absolute atomic E-state index is 0.0351. The van der Waals surface area contributed by atoms with E-state index in [1.165, 1.54) is 5.56 Å². The molecule has 1 aromatic heterocycles. The second kappa shape index (κ2) is 5.05. The maximum atomic E-state index is 12.5. The molecule has 3 aromatic rings. The van der Waals surface area contributed by atoms with Gasteiger partial charge in [-0.1, -0.05) is 24.3 Å². The normalized spacial score (nSPS) is 11.0. The Morgan fingerprint density at radius 2 is 1.90 bits per heavy atom. The van der Waals surface area contributed by atoms with Gasteiger partial charge in [0.2, 0.25) is 5.95 Å². The Balaban J connectivity index is 1.96. The van der Waals surface area contributed by atoms with E-state index < -0.39 is 0 Å². The quantitative estimate of drug-likeness (QED) is 0.749. The predicted molar refractivity (Wildman–Crippen MR) is 84.4 cm³/mol. The Labute approximate surface area is 123 Å². The summed E-state index contributed by atoms with van der Waals surface area (Å²) >= 11 is 0. The summed E-state index contributed by atoms with van der Waals surface area (Å²) in [7, 11) is 0. The fourth-order valence-corrected chi connectivity index (χ4v) is 2.41. The van der Waals surface area contributed by atoms with E-state index in [9.17, 15) is 4.79 Å². The number of aromatic nitrogens is 2. The molecule has 0 amide bonds. The summed E-state index contributed by atoms with van der Waals surface area (Å²) in [6.07, 6.45) is 0. The van der Waals surface area contributed by atoms with Crippen molar-refractivity contribution in [3.63, 3.8) is 0 Å². The van der Waals surface area contributed by atoms with Crippen LogP contribution in [0.3, 0.4) is 0 Å². The number of anilines is 1. The van der Waals surface area contributed by atoms with Crippen LogP contribution in [0.2, 0.25) is 0 Å². The van der Waals surface area contributed by atoms with E-state index in [0.29, 0.717) is 11.5 Å². The number of carbonyl (C=O) groups is 1. The van der Waals surface area contributed by atoms with Crippen molar-refractivity contribution in [2.45, 2.75) is 20.4 Å². The van der Waals surface area contributed by atoms with Gasteiger partial charge in [0, 0.05) is 5.56 Å². The second-order valence-corrected chi connectivity index (χ2v) is 5.27. The lowest BCUT2D eigenvalue weighted by Crippen LogP contribution is -2.13. The molecule has 0 saturated carbocycles. The van der Waals surface area contributed by atoms with Gasteiger partial charge in [-0.25, -0.2) is 4.98 Å². The minimum Gasteiger partial charge on any atom is -0.369 e. The molecule has 1 heterocycles. The molecule has 0 fully saturated rings. The van der Waals surface area contributed by atoms with Gasteiger partial charge in [0.1, 0.15) is 0 Å². The Bertz CT molecular complexity index is 833. The fraction of sp³-hybridized carbons (Fsp3) is 0.176. The number of nitrogen functional groups attached to an aromatic ring is 1. The fourth-order valence-electron chi connectivity index (χ4n) is 2.41. The number of fused-ring (bicyclic) bond motifs is 1. The largest absolute Gasteiger partial charge is 0.369 e. The number of benzene rings is 2. The van der Waals surface area contributed by atoms with Gasteiger partial charge in [-0.3, -0.25) is 4.79 Å². The first-order valence-electron chi connectivity index (χ1n) is 6.87. The lowest BCUT2D eigenvalue weighted by Gasteiger charge is -2.07. The number of hydrogen-bond acceptors (Lipinski definition) is 3. The number of rotatable bonds is 3. The van der Waals surface area contributed by atoms with Gasteiger partial charge >= 0.3 is 0 Å². The van der Waals surface area contributed by atoms with E-state index in [1.807, 2.05) is 56.3 Å². The van der Waals surface area contributed by atoms with Crippen LogP contribution in [0.15, 0.2) is 42.5 Å². The zero-order valence-corrected chi connectivity index (χ0v) is 12.1. The zero-order chi connectivity index (χ0) is 15.0. The van der Waals surface area contributed by atoms with E-state index in [0.717, 1.165) is 16.6 Å². The molecule has 0 saturated heterocycles. The summed E-state index contributed by atoms with van der Waals surface area (Å²) in [5, 5.41) is 0. The van der Waals surface area contributed by atoms with E-state index in [1.54, 1.807) is 4.57 Å². The Morgan fingerprint density at radius 1 is 1.14 bits per heavy atom. The summed E-state index contributed by atoms with van der Waals surface area (Å²) in [5.74, 6) is 0.404. The third-order valence-corrected chi connectivity index (χ3v) is 3.81. The number of hydrogen-bond donors (Lipinski definition) is 1. The summed E-state index contributed by atoms with van der Waals surface area (Å²) < 4.78 is 1.76. The third-order valence-electron chi connectivity index (χ3n) is 3.81. The Morgan fingerprint density at radius 3 is 2.67 bits per heavy atom. The first-order chi connectivity index (χ1) is 10.1. The molecule has 0 radical (unpaired) electrons. The van der Waals surface area contributed by atoms with Crippen LogP contribution in [0.4, 0.5) is 5.95 Å². The van der Waals surface area contributed by atoms with Crippen LogP contribution < -0.4 is 5.73 Å². The first kappa shape index (κ1) is 13.4. The number of Topliss-reactive ketones (excluding diaryl/α,β-unsaturated/α-hetero) is 1. The number of ketones is 1. The van der Waals surface area contributed by atoms with Crippen LogP contribution in [-0.2, 0) is 6.54 Å². The van der Waals surface area contributed by atoms with Gasteiger partial charge in [-0.15, -0.1) is 0 Å². The van der Waals surface area contributed by atoms with Crippen molar-refractivity contribution >= 4 is 22.8 Å². The molecule has 0 atom stereocenters. The summed E-state index contributed by atoms with van der Waals surface area (Å²) in [6, 6.07) is 13.4. The lowest BCUT2D eigenvalue weighted by molar-refractivity contribution is 0.0974. The van der Waals surface area contributed by atoms with E-state index in [2.05, 4.69) is 4.98 Å². The van der Waals surface area contributed by atoms with Gasteiger partial charge in [-0.2, -0.15) is 0 Å². The molecule has 21 heavy (non-hydrogen) atoms. The summed E-state index contributed by atoms with van der Waals surface area (Å²) in [6.45, 7) is 4.24. The topological polar surface area (TPSA) is 60.9 Å². The Hall–Kier alpha value is -2.62. The molecule has 4 heteroatoms. The van der Waals surface area contributed by atoms with Crippen molar-refractivity contribution in [3.8, 4) is 0 Å². The number of imidazole rings is 1. The van der Waals surface area contributed by atoms with Gasteiger partial charge in [-0.05, 0) is 43.2 Å². The molecule has 2 aromatic carbocycles. The van der Waals surface area contributed by atoms with Crippen molar-refractivity contribution in [1.82, 2.24) is 9.55 Å². The molecule has 0 bridgehead atoms. The van der Waals surface area contributed by atoms with Crippen LogP contribution in [0.1, 0.15) is 21.5 Å². The number of nitrogens with two attached hydrogens (primary N) is 1. The number of carbonyl (C=O) groups excluding carboxylic acids is 1. The first-order valence-corrected chi connectivity index (χ1v) is 6.87. The van der Waals surface area contributed by atoms with Crippen LogP contribution in [0, 0.1) is 13.8 Å². The zero-order valence-electron chi connectivity index (χ0n) is 12.1. The van der Waals surface area contributed by atoms with Gasteiger partial charge in [0.25, 0.3) is 0 Å². The molecule has 0 unspecified atom stereocenters. The number of aryl methyl sites for hydroxylation is 2. The molecule has 106 valence electrons. The number of para-hydroxylation sites is 2. The van der Waals surface area contributed by atoms with E-state index in [-0.39, 0.29) is 12.3 Å². The van der Waals surface area contributed by atoms with Crippen molar-refractivity contribution in [1.29, 1.82) is 0 Å². The molecule has 3 rings (SSSR count). The molecular weight excluding hydrogens is 262 g/mol. The van der Waals surface area contributed by atoms with Gasteiger partial charge in [0.15, 0.2) is 5.78 Å². The monoisotopic (exact) mass is 279 g/mol. The standard InChI is InChI=1S/C17H17N3O/c1-11-7-8-13(9-12(11)2)16(21)10-20-15-6-4-3-5-14(15)19-17(20)18/h3-9H,10H2,1-2H3,(H2,18,19). The predicted octanol–water partition coefficient (Wildman–Crippen LogP) is 3.12. The van der Waals surface area contributed by atoms with Gasteiger partial charge in [0.05, 0.1) is 17.6 Å². The van der Waals surface area contributed by atoms with E-state index >= 15 is 0 Å². The van der Waals surface area contributed by atoms with Crippen molar-refractivity contribution in [3.05, 3.63) is 59.2 Å². The second-order valence-electron chi connectivity index (χ2n) is 5.27. The Kier molecular flexibility index (Phi) is 3.22. The SMILES string of the molecule is Cc1ccc(C(=O)Cn2c(N)nc3ccccc32)cc1C. The third kappa shape index (κ3) is 2.40. The molecule has 0 aliphatic heterocycles. The molecule has 0 aliphatic carbocycles. The van der Waals surface area contributed by atoms with Crippen LogP contribution in [0.5, 0.6) is 0 Å². The smallest absolute Gasteiger partial charge is 0.201 e. The minimum atomic E-state index is 0.0351. The molecular formula is C17H17N3O.